The number of amidine groups is 1. The van der Waals surface area contributed by atoms with E-state index in [1.54, 1.807) is 12.1 Å². The Balaban J connectivity index is 1.77. The average molecular weight is 421 g/mol. The molecule has 0 bridgehead atoms. The number of carbonyl (C=O) groups is 1. The van der Waals surface area contributed by atoms with Crippen LogP contribution in [-0.2, 0) is 5.75 Å². The first-order valence-electron chi connectivity index (χ1n) is 8.03. The Morgan fingerprint density at radius 2 is 1.96 bits per heavy atom. The van der Waals surface area contributed by atoms with E-state index in [0.717, 1.165) is 0 Å². The fourth-order valence-electron chi connectivity index (χ4n) is 2.63. The van der Waals surface area contributed by atoms with Crippen LogP contribution in [0, 0.1) is 20.2 Å². The van der Waals surface area contributed by atoms with Crippen molar-refractivity contribution in [2.75, 3.05) is 13.1 Å². The second-order valence-corrected chi connectivity index (χ2v) is 7.13. The third-order valence-electron chi connectivity index (χ3n) is 3.92. The number of rotatable bonds is 5. The van der Waals surface area contributed by atoms with Gasteiger partial charge in [0.15, 0.2) is 5.17 Å². The maximum Gasteiger partial charge on any atom is 0.282 e. The average Bonchev–Trinajstić information content (AvgIpc) is 3.14. The van der Waals surface area contributed by atoms with Gasteiger partial charge in [0.1, 0.15) is 5.56 Å². The van der Waals surface area contributed by atoms with E-state index in [-0.39, 0.29) is 22.0 Å². The van der Waals surface area contributed by atoms with Crippen molar-refractivity contribution in [3.8, 4) is 0 Å². The number of thioether (sulfide) groups is 1. The summed E-state index contributed by atoms with van der Waals surface area (Å²) in [5.74, 6) is -0.195. The predicted octanol–water partition coefficient (Wildman–Crippen LogP) is 3.90. The molecule has 9 nitrogen and oxygen atoms in total. The normalized spacial score (nSPS) is 13.3. The molecule has 0 aromatic heterocycles. The second kappa shape index (κ2) is 8.36. The summed E-state index contributed by atoms with van der Waals surface area (Å²) in [6.45, 7) is 0.664. The van der Waals surface area contributed by atoms with E-state index in [4.69, 9.17) is 11.6 Å². The molecule has 0 N–H and O–H groups in total. The van der Waals surface area contributed by atoms with Crippen LogP contribution in [0.25, 0.3) is 0 Å². The molecule has 0 fully saturated rings. The molecule has 144 valence electrons. The molecule has 0 unspecified atom stereocenters. The first-order valence-corrected chi connectivity index (χ1v) is 9.39. The van der Waals surface area contributed by atoms with Crippen molar-refractivity contribution in [2.24, 2.45) is 4.99 Å². The van der Waals surface area contributed by atoms with Gasteiger partial charge in [-0.3, -0.25) is 34.9 Å². The molecule has 1 aliphatic heterocycles. The Morgan fingerprint density at radius 1 is 1.18 bits per heavy atom. The molecule has 28 heavy (non-hydrogen) atoms. The molecule has 1 heterocycles. The molecular weight excluding hydrogens is 408 g/mol. The van der Waals surface area contributed by atoms with E-state index in [9.17, 15) is 25.0 Å². The van der Waals surface area contributed by atoms with Gasteiger partial charge in [-0.05, 0) is 17.7 Å². The molecule has 0 saturated carbocycles. The molecule has 11 heteroatoms. The summed E-state index contributed by atoms with van der Waals surface area (Å²) in [4.78, 5) is 39.5. The van der Waals surface area contributed by atoms with Crippen molar-refractivity contribution in [1.29, 1.82) is 0 Å². The van der Waals surface area contributed by atoms with Gasteiger partial charge >= 0.3 is 0 Å². The van der Waals surface area contributed by atoms with E-state index >= 15 is 0 Å². The highest BCUT2D eigenvalue weighted by molar-refractivity contribution is 8.13. The van der Waals surface area contributed by atoms with Gasteiger partial charge in [-0.15, -0.1) is 0 Å². The van der Waals surface area contributed by atoms with E-state index in [1.807, 2.05) is 0 Å². The quantitative estimate of drug-likeness (QED) is 0.534. The summed E-state index contributed by atoms with van der Waals surface area (Å²) in [5.41, 5.74) is 0.247. The minimum Gasteiger partial charge on any atom is -0.285 e. The molecule has 3 rings (SSSR count). The molecule has 0 aliphatic carbocycles. The van der Waals surface area contributed by atoms with Crippen molar-refractivity contribution >= 4 is 45.8 Å². The first-order chi connectivity index (χ1) is 13.4. The van der Waals surface area contributed by atoms with Crippen LogP contribution in [0.1, 0.15) is 15.9 Å². The largest absolute Gasteiger partial charge is 0.285 e. The molecule has 2 aromatic rings. The Bertz CT molecular complexity index is 997. The minimum absolute atomic E-state index is 0.0195. The second-order valence-electron chi connectivity index (χ2n) is 5.76. The maximum atomic E-state index is 12.9. The van der Waals surface area contributed by atoms with Crippen molar-refractivity contribution in [2.45, 2.75) is 5.75 Å². The van der Waals surface area contributed by atoms with Crippen molar-refractivity contribution < 1.29 is 14.6 Å². The number of carbonyl (C=O) groups excluding carboxylic acids is 1. The van der Waals surface area contributed by atoms with Gasteiger partial charge in [0.05, 0.1) is 16.4 Å². The molecule has 0 radical (unpaired) electrons. The smallest absolute Gasteiger partial charge is 0.282 e. The lowest BCUT2D eigenvalue weighted by Gasteiger charge is -2.18. The number of nitro benzene ring substituents is 2. The van der Waals surface area contributed by atoms with Gasteiger partial charge in [0.2, 0.25) is 0 Å². The first kappa shape index (κ1) is 19.8. The van der Waals surface area contributed by atoms with Crippen LogP contribution in [-0.4, -0.2) is 38.9 Å². The van der Waals surface area contributed by atoms with Crippen LogP contribution in [0.2, 0.25) is 5.02 Å². The van der Waals surface area contributed by atoms with Crippen LogP contribution in [0.3, 0.4) is 0 Å². The highest BCUT2D eigenvalue weighted by Crippen LogP contribution is 2.28. The predicted molar refractivity (Wildman–Crippen MR) is 106 cm³/mol. The van der Waals surface area contributed by atoms with Crippen LogP contribution in [0.4, 0.5) is 11.4 Å². The number of halogens is 1. The van der Waals surface area contributed by atoms with Crippen LogP contribution in [0.5, 0.6) is 0 Å². The summed E-state index contributed by atoms with van der Waals surface area (Å²) in [7, 11) is 0. The number of non-ortho nitro benzene ring substituents is 1. The Labute approximate surface area is 168 Å². The van der Waals surface area contributed by atoms with Crippen molar-refractivity contribution in [3.05, 3.63) is 78.8 Å². The molecule has 1 amide bonds. The molecule has 0 saturated heterocycles. The minimum atomic E-state index is -0.632. The van der Waals surface area contributed by atoms with Gasteiger partial charge < -0.3 is 0 Å². The van der Waals surface area contributed by atoms with Crippen LogP contribution >= 0.6 is 23.4 Å². The molecule has 1 aliphatic rings. The number of amides is 1. The lowest BCUT2D eigenvalue weighted by molar-refractivity contribution is -0.385. The van der Waals surface area contributed by atoms with E-state index in [0.29, 0.717) is 29.6 Å². The maximum absolute atomic E-state index is 12.9. The van der Waals surface area contributed by atoms with Gasteiger partial charge in [-0.25, -0.2) is 0 Å². The highest BCUT2D eigenvalue weighted by Gasteiger charge is 2.30. The van der Waals surface area contributed by atoms with E-state index in [2.05, 4.69) is 4.99 Å². The lowest BCUT2D eigenvalue weighted by Crippen LogP contribution is -2.33. The van der Waals surface area contributed by atoms with E-state index in [1.165, 1.54) is 47.0 Å². The van der Waals surface area contributed by atoms with Gasteiger partial charge in [0, 0.05) is 35.5 Å². The van der Waals surface area contributed by atoms with Crippen LogP contribution < -0.4 is 0 Å². The fraction of sp³-hybridized carbons (Fsp3) is 0.176. The number of aliphatic imine (C=N–C) groups is 1. The molecule has 0 atom stereocenters. The van der Waals surface area contributed by atoms with Gasteiger partial charge in [-0.2, -0.15) is 0 Å². The third kappa shape index (κ3) is 4.29. The zero-order chi connectivity index (χ0) is 20.3. The standard InChI is InChI=1S/C17H13ClN4O5S/c18-12-4-5-15(22(26)27)14(9-12)16(23)20-7-6-19-17(20)28-10-11-2-1-3-13(8-11)21(24)25/h1-5,8-9H,6-7,10H2. The lowest BCUT2D eigenvalue weighted by atomic mass is 10.1. The highest BCUT2D eigenvalue weighted by atomic mass is 35.5. The number of hydrogen-bond donors (Lipinski definition) is 0. The zero-order valence-corrected chi connectivity index (χ0v) is 15.9. The van der Waals surface area contributed by atoms with Gasteiger partial charge in [-0.1, -0.05) is 35.5 Å². The number of hydrogen-bond acceptors (Lipinski definition) is 7. The van der Waals surface area contributed by atoms with Crippen molar-refractivity contribution in [1.82, 2.24) is 4.90 Å². The Hall–Kier alpha value is -2.98. The van der Waals surface area contributed by atoms with E-state index < -0.39 is 15.8 Å². The number of nitro groups is 2. The summed E-state index contributed by atoms with van der Waals surface area (Å²) in [5, 5.41) is 22.7. The number of benzene rings is 2. The molecular formula is C17H13ClN4O5S. The summed E-state index contributed by atoms with van der Waals surface area (Å²) < 4.78 is 0. The summed E-state index contributed by atoms with van der Waals surface area (Å²) >= 11 is 7.14. The Morgan fingerprint density at radius 3 is 2.68 bits per heavy atom. The molecule has 0 spiro atoms. The zero-order valence-electron chi connectivity index (χ0n) is 14.3. The van der Waals surface area contributed by atoms with Gasteiger partial charge in [0.25, 0.3) is 17.3 Å². The SMILES string of the molecule is O=C(c1cc(Cl)ccc1[N+](=O)[O-])N1CCN=C1SCc1cccc([N+](=O)[O-])c1. The topological polar surface area (TPSA) is 119 Å². The Kier molecular flexibility index (Phi) is 5.90. The third-order valence-corrected chi connectivity index (χ3v) is 5.24. The van der Waals surface area contributed by atoms with Crippen LogP contribution in [0.15, 0.2) is 47.5 Å². The summed E-state index contributed by atoms with van der Waals surface area (Å²) in [6, 6.07) is 9.99. The molecule has 2 aromatic carbocycles. The van der Waals surface area contributed by atoms with Crippen molar-refractivity contribution in [3.63, 3.8) is 0 Å². The monoisotopic (exact) mass is 420 g/mol. The fourth-order valence-corrected chi connectivity index (χ4v) is 3.79. The number of nitrogens with zero attached hydrogens (tertiary/aromatic N) is 4. The summed E-state index contributed by atoms with van der Waals surface area (Å²) in [6.07, 6.45) is 0.